The Morgan fingerprint density at radius 1 is 0.923 bits per heavy atom. The number of carbonyl (C=O) groups is 4. The Kier molecular flexibility index (Phi) is 5.25. The van der Waals surface area contributed by atoms with Crippen LogP contribution >= 0.6 is 0 Å². The van der Waals surface area contributed by atoms with E-state index in [-0.39, 0.29) is 42.0 Å². The molecule has 2 aromatic heterocycles. The van der Waals surface area contributed by atoms with Gasteiger partial charge in [-0.3, -0.25) is 39.5 Å². The number of hydrogen-bond acceptors (Lipinski definition) is 8. The van der Waals surface area contributed by atoms with E-state index in [0.29, 0.717) is 11.3 Å². The minimum atomic E-state index is -0.704. The molecule has 3 aliphatic rings. The van der Waals surface area contributed by atoms with Crippen molar-refractivity contribution in [1.82, 2.24) is 30.4 Å². The van der Waals surface area contributed by atoms with Crippen LogP contribution in [0.5, 0.6) is 0 Å². The van der Waals surface area contributed by atoms with E-state index in [1.165, 1.54) is 0 Å². The summed E-state index contributed by atoms with van der Waals surface area (Å²) >= 11 is 0. The lowest BCUT2D eigenvalue weighted by molar-refractivity contribution is -0.134. The van der Waals surface area contributed by atoms with Crippen molar-refractivity contribution < 1.29 is 19.2 Å². The Morgan fingerprint density at radius 2 is 1.74 bits per heavy atom. The second kappa shape index (κ2) is 8.83. The number of imide groups is 2. The van der Waals surface area contributed by atoms with Gasteiger partial charge in [0, 0.05) is 35.5 Å². The summed E-state index contributed by atoms with van der Waals surface area (Å²) in [5.41, 5.74) is 4.87. The topological polar surface area (TPSA) is 148 Å². The third kappa shape index (κ3) is 3.94. The van der Waals surface area contributed by atoms with Crippen LogP contribution in [0.25, 0.3) is 22.3 Å². The molecule has 1 saturated carbocycles. The molecule has 0 bridgehead atoms. The molecule has 4 amide bonds. The van der Waals surface area contributed by atoms with Crippen LogP contribution in [0.4, 0.5) is 5.69 Å². The van der Waals surface area contributed by atoms with E-state index in [4.69, 9.17) is 4.98 Å². The molecule has 11 nitrogen and oxygen atoms in total. The van der Waals surface area contributed by atoms with E-state index in [0.717, 1.165) is 35.1 Å². The maximum Gasteiger partial charge on any atom is 0.259 e. The number of fused-ring (bicyclic) bond motifs is 2. The van der Waals surface area contributed by atoms with Gasteiger partial charge in [-0.05, 0) is 43.5 Å². The highest BCUT2D eigenvalue weighted by Gasteiger charge is 2.39. The molecule has 1 unspecified atom stereocenters. The largest absolute Gasteiger partial charge is 0.382 e. The summed E-state index contributed by atoms with van der Waals surface area (Å²) in [6.07, 6.45) is 7.52. The van der Waals surface area contributed by atoms with Gasteiger partial charge in [-0.1, -0.05) is 12.1 Å². The minimum absolute atomic E-state index is 0.0772. The molecule has 0 spiro atoms. The van der Waals surface area contributed by atoms with Gasteiger partial charge in [0.1, 0.15) is 0 Å². The Bertz CT molecular complexity index is 1710. The van der Waals surface area contributed by atoms with Crippen LogP contribution in [0.3, 0.4) is 0 Å². The molecule has 3 N–H and O–H groups in total. The second-order valence-electron chi connectivity index (χ2n) is 10.2. The number of carbonyl (C=O) groups excluding carboxylic acids is 4. The van der Waals surface area contributed by atoms with Crippen molar-refractivity contribution in [1.29, 1.82) is 0 Å². The van der Waals surface area contributed by atoms with Crippen molar-refractivity contribution in [2.75, 3.05) is 5.32 Å². The maximum atomic E-state index is 12.7. The monoisotopic (exact) mass is 521 g/mol. The molecule has 2 aromatic carbocycles. The van der Waals surface area contributed by atoms with Crippen molar-refractivity contribution in [2.45, 2.75) is 43.7 Å². The number of para-hydroxylation sites is 2. The summed E-state index contributed by atoms with van der Waals surface area (Å²) in [6, 6.07) is 11.3. The summed E-state index contributed by atoms with van der Waals surface area (Å²) in [4.78, 5) is 58.6. The number of hydrogen-bond donors (Lipinski definition) is 3. The summed E-state index contributed by atoms with van der Waals surface area (Å²) in [5.74, 6) is -2.50. The molecule has 0 radical (unpaired) electrons. The normalized spacial score (nSPS) is 22.3. The molecule has 2 fully saturated rings. The van der Waals surface area contributed by atoms with Gasteiger partial charge >= 0.3 is 0 Å². The predicted molar refractivity (Wildman–Crippen MR) is 140 cm³/mol. The van der Waals surface area contributed by atoms with E-state index in [2.05, 4.69) is 26.0 Å². The third-order valence-corrected chi connectivity index (χ3v) is 7.72. The van der Waals surface area contributed by atoms with Crippen LogP contribution in [0.1, 0.15) is 63.9 Å². The molecule has 39 heavy (non-hydrogen) atoms. The second-order valence-corrected chi connectivity index (χ2v) is 10.2. The molecule has 2 aliphatic heterocycles. The highest BCUT2D eigenvalue weighted by Crippen LogP contribution is 2.40. The Balaban J connectivity index is 1.10. The van der Waals surface area contributed by atoms with E-state index >= 15 is 0 Å². The lowest BCUT2D eigenvalue weighted by Gasteiger charge is -2.37. The average Bonchev–Trinajstić information content (AvgIpc) is 3.50. The fourth-order valence-electron chi connectivity index (χ4n) is 5.65. The van der Waals surface area contributed by atoms with Gasteiger partial charge in [0.25, 0.3) is 11.8 Å². The van der Waals surface area contributed by atoms with Crippen LogP contribution in [-0.4, -0.2) is 49.4 Å². The molecular formula is C28H23N7O4. The lowest BCUT2D eigenvalue weighted by Crippen LogP contribution is -2.41. The molecule has 1 saturated heterocycles. The first-order chi connectivity index (χ1) is 18.9. The van der Waals surface area contributed by atoms with Gasteiger partial charge in [-0.25, -0.2) is 4.98 Å². The number of amides is 4. The molecular weight excluding hydrogens is 498 g/mol. The molecule has 11 heteroatoms. The van der Waals surface area contributed by atoms with Crippen LogP contribution in [0.2, 0.25) is 0 Å². The van der Waals surface area contributed by atoms with Crippen molar-refractivity contribution in [3.8, 4) is 11.3 Å². The summed E-state index contributed by atoms with van der Waals surface area (Å²) in [5, 5.41) is 12.7. The highest BCUT2D eigenvalue weighted by molar-refractivity contribution is 6.23. The Labute approximate surface area is 222 Å². The van der Waals surface area contributed by atoms with Crippen LogP contribution in [0, 0.1) is 0 Å². The Hall–Kier alpha value is -4.93. The zero-order valence-corrected chi connectivity index (χ0v) is 20.7. The highest BCUT2D eigenvalue weighted by atomic mass is 16.2. The standard InChI is InChI=1S/C28H23N7O4/c36-23-8-6-17(26(37)33-23)24-21(7-5-18-25(24)28(39)34-27(18)38)31-15-9-16(10-15)35-13-14(11-30-35)22-12-29-19-3-1-2-4-20(19)32-22/h1-5,7,11-13,15-17,31H,6,8-10H2,(H,33,36,37)(H,34,38,39). The van der Waals surface area contributed by atoms with Crippen LogP contribution < -0.4 is 16.0 Å². The zero-order chi connectivity index (χ0) is 26.7. The number of aromatic nitrogens is 4. The first-order valence-corrected chi connectivity index (χ1v) is 12.8. The van der Waals surface area contributed by atoms with E-state index in [9.17, 15) is 19.2 Å². The van der Waals surface area contributed by atoms with Gasteiger partial charge < -0.3 is 5.32 Å². The van der Waals surface area contributed by atoms with E-state index < -0.39 is 23.6 Å². The predicted octanol–water partition coefficient (Wildman–Crippen LogP) is 2.71. The number of nitrogens with zero attached hydrogens (tertiary/aromatic N) is 4. The minimum Gasteiger partial charge on any atom is -0.382 e. The van der Waals surface area contributed by atoms with Gasteiger partial charge in [0.05, 0.1) is 52.2 Å². The number of piperidine rings is 1. The molecule has 1 aliphatic carbocycles. The zero-order valence-electron chi connectivity index (χ0n) is 20.7. The number of anilines is 1. The number of rotatable bonds is 5. The number of benzene rings is 2. The number of nitrogens with one attached hydrogen (secondary N) is 3. The molecule has 4 aromatic rings. The van der Waals surface area contributed by atoms with Crippen LogP contribution in [0.15, 0.2) is 55.0 Å². The summed E-state index contributed by atoms with van der Waals surface area (Å²) in [6.45, 7) is 0. The first kappa shape index (κ1) is 23.2. The van der Waals surface area contributed by atoms with E-state index in [1.54, 1.807) is 24.5 Å². The fourth-order valence-corrected chi connectivity index (χ4v) is 5.65. The lowest BCUT2D eigenvalue weighted by atomic mass is 9.82. The maximum absolute atomic E-state index is 12.7. The average molecular weight is 522 g/mol. The van der Waals surface area contributed by atoms with Gasteiger partial charge in [0.15, 0.2) is 0 Å². The fraction of sp³-hybridized carbons (Fsp3) is 0.250. The smallest absolute Gasteiger partial charge is 0.259 e. The molecule has 7 rings (SSSR count). The molecule has 194 valence electrons. The first-order valence-electron chi connectivity index (χ1n) is 12.8. The third-order valence-electron chi connectivity index (χ3n) is 7.72. The van der Waals surface area contributed by atoms with E-state index in [1.807, 2.05) is 35.1 Å². The molecule has 1 atom stereocenters. The Morgan fingerprint density at radius 3 is 2.56 bits per heavy atom. The summed E-state index contributed by atoms with van der Waals surface area (Å²) < 4.78 is 1.93. The van der Waals surface area contributed by atoms with Gasteiger partial charge in [-0.15, -0.1) is 0 Å². The van der Waals surface area contributed by atoms with Crippen molar-refractivity contribution in [2.24, 2.45) is 0 Å². The van der Waals surface area contributed by atoms with Crippen LogP contribution in [-0.2, 0) is 9.59 Å². The SMILES string of the molecule is O=C1CCC(c2c(NC3CC(n4cc(-c5cnc6ccccc6n5)cn4)C3)ccc3c2C(=O)NC3=O)C(=O)N1. The summed E-state index contributed by atoms with van der Waals surface area (Å²) in [7, 11) is 0. The quantitative estimate of drug-likeness (QED) is 0.340. The molecule has 4 heterocycles. The van der Waals surface area contributed by atoms with Gasteiger partial charge in [0.2, 0.25) is 11.8 Å². The van der Waals surface area contributed by atoms with Crippen molar-refractivity contribution in [3.63, 3.8) is 0 Å². The van der Waals surface area contributed by atoms with Crippen molar-refractivity contribution >= 4 is 40.3 Å². The van der Waals surface area contributed by atoms with Gasteiger partial charge in [-0.2, -0.15) is 5.10 Å². The van der Waals surface area contributed by atoms with Crippen molar-refractivity contribution in [3.05, 3.63) is 71.7 Å².